The maximum absolute atomic E-state index is 13.0. The van der Waals surface area contributed by atoms with Gasteiger partial charge in [0.05, 0.1) is 30.7 Å². The zero-order valence-electron chi connectivity index (χ0n) is 22.2. The molecule has 2 aromatic heterocycles. The molecule has 9 nitrogen and oxygen atoms in total. The molecule has 194 valence electrons. The summed E-state index contributed by atoms with van der Waals surface area (Å²) in [7, 11) is 0. The number of nitrogens with one attached hydrogen (secondary N) is 1. The molecule has 0 unspecified atom stereocenters. The first-order valence-corrected chi connectivity index (χ1v) is 12.8. The fraction of sp³-hybridized carbons (Fsp3) is 0.429. The number of benzene rings is 1. The Bertz CT molecular complexity index is 1300. The number of fused-ring (bicyclic) bond motifs is 2. The molecule has 0 radical (unpaired) electrons. The van der Waals surface area contributed by atoms with Gasteiger partial charge in [0.25, 0.3) is 0 Å². The van der Waals surface area contributed by atoms with Crippen LogP contribution in [0, 0.1) is 6.92 Å². The third kappa shape index (κ3) is 5.30. The van der Waals surface area contributed by atoms with E-state index in [0.717, 1.165) is 47.6 Å². The van der Waals surface area contributed by atoms with E-state index in [1.165, 1.54) is 5.56 Å². The summed E-state index contributed by atoms with van der Waals surface area (Å²) in [5, 5.41) is 3.32. The molecule has 2 aliphatic heterocycles. The number of carbonyl (C=O) groups is 1. The van der Waals surface area contributed by atoms with Crippen LogP contribution in [0.5, 0.6) is 5.88 Å². The summed E-state index contributed by atoms with van der Waals surface area (Å²) in [5.74, 6) is 1.04. The van der Waals surface area contributed by atoms with Crippen molar-refractivity contribution in [3.63, 3.8) is 0 Å². The molecule has 1 aromatic carbocycles. The molecule has 0 atom stereocenters. The number of carbonyl (C=O) groups excluding carboxylic acids is 1. The lowest BCUT2D eigenvalue weighted by Gasteiger charge is -2.35. The van der Waals surface area contributed by atoms with Gasteiger partial charge in [-0.2, -0.15) is 0 Å². The van der Waals surface area contributed by atoms with Crippen LogP contribution in [0.15, 0.2) is 36.7 Å². The van der Waals surface area contributed by atoms with E-state index >= 15 is 0 Å². The first-order valence-electron chi connectivity index (χ1n) is 12.8. The standard InChI is InChI=1S/C28H34N6O3/c1-6-19-7-9-21(10-8-19)31-26-30-15-20-11-12-33(17-22(20)32-26)23-16-29-25-24(18(23)2)34(13-14-36-25)27(35)37-28(3,4)5/h7-10,15-16H,6,11-14,17H2,1-5H3,(H,30,31,32). The number of pyridine rings is 1. The minimum absolute atomic E-state index is 0.378. The van der Waals surface area contributed by atoms with Crippen molar-refractivity contribution < 1.29 is 14.3 Å². The predicted molar refractivity (Wildman–Crippen MR) is 144 cm³/mol. The van der Waals surface area contributed by atoms with Crippen LogP contribution in [-0.2, 0) is 24.1 Å². The fourth-order valence-corrected chi connectivity index (χ4v) is 4.67. The van der Waals surface area contributed by atoms with Gasteiger partial charge in [-0.05, 0) is 63.8 Å². The van der Waals surface area contributed by atoms with Crippen LogP contribution in [0.4, 0.5) is 27.8 Å². The zero-order valence-corrected chi connectivity index (χ0v) is 22.2. The maximum Gasteiger partial charge on any atom is 0.415 e. The fourth-order valence-electron chi connectivity index (χ4n) is 4.67. The summed E-state index contributed by atoms with van der Waals surface area (Å²) >= 11 is 0. The van der Waals surface area contributed by atoms with Gasteiger partial charge in [-0.15, -0.1) is 0 Å². The quantitative estimate of drug-likeness (QED) is 0.522. The number of aryl methyl sites for hydroxylation is 1. The van der Waals surface area contributed by atoms with Crippen LogP contribution in [0.3, 0.4) is 0 Å². The monoisotopic (exact) mass is 502 g/mol. The van der Waals surface area contributed by atoms with E-state index in [1.807, 2.05) is 40.1 Å². The molecule has 0 saturated heterocycles. The minimum atomic E-state index is -0.589. The third-order valence-corrected chi connectivity index (χ3v) is 6.59. The number of hydrogen-bond acceptors (Lipinski definition) is 8. The van der Waals surface area contributed by atoms with E-state index in [2.05, 4.69) is 51.4 Å². The molecular weight excluding hydrogens is 468 g/mol. The summed E-state index contributed by atoms with van der Waals surface area (Å²) in [6, 6.07) is 8.32. The number of nitrogens with zero attached hydrogens (tertiary/aromatic N) is 5. The van der Waals surface area contributed by atoms with Gasteiger partial charge >= 0.3 is 6.09 Å². The molecule has 0 fully saturated rings. The lowest BCUT2D eigenvalue weighted by Crippen LogP contribution is -2.42. The highest BCUT2D eigenvalue weighted by Crippen LogP contribution is 2.39. The van der Waals surface area contributed by atoms with E-state index in [1.54, 1.807) is 4.90 Å². The van der Waals surface area contributed by atoms with Crippen molar-refractivity contribution in [1.29, 1.82) is 0 Å². The van der Waals surface area contributed by atoms with E-state index in [9.17, 15) is 4.79 Å². The van der Waals surface area contributed by atoms with Crippen LogP contribution in [0.1, 0.15) is 50.1 Å². The van der Waals surface area contributed by atoms with E-state index in [0.29, 0.717) is 37.2 Å². The highest BCUT2D eigenvalue weighted by molar-refractivity contribution is 5.92. The summed E-state index contributed by atoms with van der Waals surface area (Å²) in [4.78, 5) is 30.8. The van der Waals surface area contributed by atoms with Gasteiger partial charge in [0.1, 0.15) is 17.9 Å². The summed E-state index contributed by atoms with van der Waals surface area (Å²) in [6.45, 7) is 12.0. The average molecular weight is 503 g/mol. The van der Waals surface area contributed by atoms with Gasteiger partial charge < -0.3 is 19.7 Å². The van der Waals surface area contributed by atoms with Crippen LogP contribution < -0.4 is 19.9 Å². The summed E-state index contributed by atoms with van der Waals surface area (Å²) in [5.41, 5.74) is 6.34. The highest BCUT2D eigenvalue weighted by Gasteiger charge is 2.32. The maximum atomic E-state index is 13.0. The topological polar surface area (TPSA) is 92.7 Å². The van der Waals surface area contributed by atoms with Crippen molar-refractivity contribution in [2.45, 2.75) is 59.6 Å². The van der Waals surface area contributed by atoms with Crippen molar-refractivity contribution >= 4 is 29.1 Å². The number of amides is 1. The van der Waals surface area contributed by atoms with Crippen LogP contribution >= 0.6 is 0 Å². The number of ether oxygens (including phenoxy) is 2. The van der Waals surface area contributed by atoms with Gasteiger partial charge in [-0.3, -0.25) is 4.90 Å². The predicted octanol–water partition coefficient (Wildman–Crippen LogP) is 5.18. The van der Waals surface area contributed by atoms with Crippen molar-refractivity contribution in [3.05, 3.63) is 59.0 Å². The van der Waals surface area contributed by atoms with Gasteiger partial charge in [-0.1, -0.05) is 19.1 Å². The average Bonchev–Trinajstić information content (AvgIpc) is 2.87. The van der Waals surface area contributed by atoms with Crippen molar-refractivity contribution in [1.82, 2.24) is 15.0 Å². The second-order valence-electron chi connectivity index (χ2n) is 10.4. The molecule has 37 heavy (non-hydrogen) atoms. The molecule has 9 heteroatoms. The minimum Gasteiger partial charge on any atom is -0.474 e. The normalized spacial score (nSPS) is 14.9. The van der Waals surface area contributed by atoms with Gasteiger partial charge in [-0.25, -0.2) is 19.7 Å². The Balaban J connectivity index is 1.39. The lowest BCUT2D eigenvalue weighted by atomic mass is 10.0. The second kappa shape index (κ2) is 9.88. The molecular formula is C28H34N6O3. The number of rotatable bonds is 4. The van der Waals surface area contributed by atoms with Crippen LogP contribution in [0.2, 0.25) is 0 Å². The van der Waals surface area contributed by atoms with Crippen LogP contribution in [-0.4, -0.2) is 46.3 Å². The Kier molecular flexibility index (Phi) is 6.62. The zero-order chi connectivity index (χ0) is 26.2. The molecule has 2 aliphatic rings. The first-order chi connectivity index (χ1) is 17.7. The first kappa shape index (κ1) is 24.8. The third-order valence-electron chi connectivity index (χ3n) is 6.59. The smallest absolute Gasteiger partial charge is 0.415 e. The molecule has 4 heterocycles. The SMILES string of the molecule is CCc1ccc(Nc2ncc3c(n2)CN(c2cnc4c(c2C)N(C(=O)OC(C)(C)C)CCO4)CC3)cc1. The second-order valence-corrected chi connectivity index (χ2v) is 10.4. The number of anilines is 4. The molecule has 5 rings (SSSR count). The van der Waals surface area contributed by atoms with Crippen LogP contribution in [0.25, 0.3) is 0 Å². The lowest BCUT2D eigenvalue weighted by molar-refractivity contribution is 0.0566. The number of hydrogen-bond donors (Lipinski definition) is 1. The summed E-state index contributed by atoms with van der Waals surface area (Å²) < 4.78 is 11.5. The molecule has 3 aromatic rings. The Morgan fingerprint density at radius 3 is 2.65 bits per heavy atom. The van der Waals surface area contributed by atoms with Gasteiger partial charge in [0.15, 0.2) is 0 Å². The van der Waals surface area contributed by atoms with Crippen molar-refractivity contribution in [3.8, 4) is 5.88 Å². The Hall–Kier alpha value is -3.88. The van der Waals surface area contributed by atoms with Gasteiger partial charge in [0.2, 0.25) is 11.8 Å². The molecule has 0 saturated carbocycles. The molecule has 1 N–H and O–H groups in total. The molecule has 0 aliphatic carbocycles. The van der Waals surface area contributed by atoms with Crippen molar-refractivity contribution in [2.75, 3.05) is 34.8 Å². The highest BCUT2D eigenvalue weighted by atomic mass is 16.6. The number of aromatic nitrogens is 3. The Morgan fingerprint density at radius 1 is 1.14 bits per heavy atom. The van der Waals surface area contributed by atoms with E-state index in [4.69, 9.17) is 14.5 Å². The summed E-state index contributed by atoms with van der Waals surface area (Å²) in [6.07, 6.45) is 5.18. The van der Waals surface area contributed by atoms with E-state index in [-0.39, 0.29) is 0 Å². The van der Waals surface area contributed by atoms with Crippen molar-refractivity contribution in [2.24, 2.45) is 0 Å². The molecule has 0 bridgehead atoms. The Morgan fingerprint density at radius 2 is 1.92 bits per heavy atom. The molecule has 1 amide bonds. The Labute approximate surface area is 217 Å². The largest absolute Gasteiger partial charge is 0.474 e. The molecule has 0 spiro atoms. The van der Waals surface area contributed by atoms with E-state index < -0.39 is 11.7 Å². The van der Waals surface area contributed by atoms with Gasteiger partial charge in [0, 0.05) is 24.0 Å².